The second kappa shape index (κ2) is 17.2. The average Bonchev–Trinajstić information content (AvgIpc) is 4.15. The number of alkyl halides is 2. The summed E-state index contributed by atoms with van der Waals surface area (Å²) in [6.45, 7) is 5.08. The minimum absolute atomic E-state index is 0.0633. The topological polar surface area (TPSA) is 186 Å². The van der Waals surface area contributed by atoms with E-state index in [1.165, 1.54) is 26.2 Å². The van der Waals surface area contributed by atoms with Gasteiger partial charge in [0.05, 0.1) is 47.7 Å². The quantitative estimate of drug-likeness (QED) is 0.138. The van der Waals surface area contributed by atoms with Gasteiger partial charge in [0, 0.05) is 64.5 Å². The number of hydrogen-bond donors (Lipinski definition) is 2. The van der Waals surface area contributed by atoms with Gasteiger partial charge < -0.3 is 19.9 Å². The maximum Gasteiger partial charge on any atom is 0.329 e. The first-order chi connectivity index (χ1) is 31.0. The lowest BCUT2D eigenvalue weighted by Crippen LogP contribution is -2.50. The predicted octanol–water partition coefficient (Wildman–Crippen LogP) is 3.62. The molecule has 1 aliphatic carbocycles. The van der Waals surface area contributed by atoms with Crippen LogP contribution < -0.4 is 21.2 Å². The number of para-hydroxylation sites is 1. The van der Waals surface area contributed by atoms with Crippen molar-refractivity contribution in [2.24, 2.45) is 13.0 Å². The summed E-state index contributed by atoms with van der Waals surface area (Å²) >= 11 is 0. The fourth-order valence-electron chi connectivity index (χ4n) is 10.5. The predicted molar refractivity (Wildman–Crippen MR) is 229 cm³/mol. The zero-order chi connectivity index (χ0) is 44.2. The number of imidazole rings is 1. The number of nitrogens with one attached hydrogen (secondary N) is 2. The van der Waals surface area contributed by atoms with Gasteiger partial charge in [-0.25, -0.2) is 23.1 Å². The SMILES string of the molecule is Cn1c(=O)n(C2CCC(=O)NC2=O)c2cccc(CCCCN3CCN(C(=O)[C@H]4CC[C@H](n5cc(NC(=O)c6cnn7ccc(N8C[C@H]9C[C@@H]8CO9)nc67)c(C(F)F)n5)CC4)CC3)c21. The largest absolute Gasteiger partial charge is 0.374 e. The van der Waals surface area contributed by atoms with Crippen LogP contribution in [-0.2, 0) is 32.6 Å². The van der Waals surface area contributed by atoms with Crippen LogP contribution in [0.1, 0.15) is 97.9 Å². The number of unbranched alkanes of at least 4 members (excludes halogenated alkanes) is 1. The number of halogens is 2. The fourth-order valence-corrected chi connectivity index (χ4v) is 10.5. The van der Waals surface area contributed by atoms with Gasteiger partial charge in [-0.3, -0.25) is 43.2 Å². The van der Waals surface area contributed by atoms with Crippen LogP contribution in [0, 0.1) is 5.92 Å². The first-order valence-electron chi connectivity index (χ1n) is 22.5. The molecule has 64 heavy (non-hydrogen) atoms. The van der Waals surface area contributed by atoms with E-state index in [9.17, 15) is 32.8 Å². The first kappa shape index (κ1) is 42.0. The number of carbonyl (C=O) groups is 4. The molecule has 20 heteroatoms. The Bertz CT molecular complexity index is 2670. The molecular formula is C44H52F2N12O6. The van der Waals surface area contributed by atoms with E-state index in [0.717, 1.165) is 62.9 Å². The number of nitrogens with zero attached hydrogens (tertiary/aromatic N) is 10. The van der Waals surface area contributed by atoms with Crippen LogP contribution in [-0.4, -0.2) is 125 Å². The van der Waals surface area contributed by atoms with Gasteiger partial charge in [-0.1, -0.05) is 12.1 Å². The Morgan fingerprint density at radius 3 is 2.55 bits per heavy atom. The first-order valence-corrected chi connectivity index (χ1v) is 22.5. The molecule has 4 amide bonds. The Morgan fingerprint density at radius 2 is 1.81 bits per heavy atom. The highest BCUT2D eigenvalue weighted by atomic mass is 19.3. The van der Waals surface area contributed by atoms with Crippen molar-refractivity contribution < 1.29 is 32.7 Å². The number of piperazine rings is 1. The maximum absolute atomic E-state index is 14.3. The number of benzene rings is 1. The van der Waals surface area contributed by atoms with E-state index >= 15 is 0 Å². The van der Waals surface area contributed by atoms with E-state index in [0.29, 0.717) is 68.8 Å². The number of fused-ring (bicyclic) bond motifs is 4. The molecule has 1 aromatic carbocycles. The lowest BCUT2D eigenvalue weighted by molar-refractivity contribution is -0.139. The molecule has 2 bridgehead atoms. The third kappa shape index (κ3) is 7.83. The maximum atomic E-state index is 14.3. The van der Waals surface area contributed by atoms with Gasteiger partial charge in [-0.05, 0) is 82.0 Å². The number of rotatable bonds is 12. The Labute approximate surface area is 366 Å². The number of imide groups is 1. The Kier molecular flexibility index (Phi) is 11.3. The normalized spacial score (nSPS) is 24.1. The number of carbonyl (C=O) groups excluding carboxylic acids is 4. The summed E-state index contributed by atoms with van der Waals surface area (Å²) in [7, 11) is 1.72. The van der Waals surface area contributed by atoms with Gasteiger partial charge in [0.15, 0.2) is 11.3 Å². The number of ether oxygens (including phenoxy) is 1. The number of aryl methyl sites for hydroxylation is 2. The summed E-state index contributed by atoms with van der Waals surface area (Å²) in [5, 5.41) is 13.5. The summed E-state index contributed by atoms with van der Waals surface area (Å²) in [6, 6.07) is 6.95. The van der Waals surface area contributed by atoms with Gasteiger partial charge in [-0.15, -0.1) is 0 Å². The van der Waals surface area contributed by atoms with Crippen LogP contribution in [0.3, 0.4) is 0 Å². The molecule has 0 spiro atoms. The van der Waals surface area contributed by atoms with Gasteiger partial charge in [-0.2, -0.15) is 10.2 Å². The summed E-state index contributed by atoms with van der Waals surface area (Å²) in [5.74, 6) is -0.671. The van der Waals surface area contributed by atoms with Gasteiger partial charge in [0.1, 0.15) is 17.4 Å². The molecule has 2 N–H and O–H groups in total. The van der Waals surface area contributed by atoms with Crippen LogP contribution >= 0.6 is 0 Å². The number of piperidine rings is 1. The highest BCUT2D eigenvalue weighted by Gasteiger charge is 2.40. The number of amides is 4. The molecule has 8 heterocycles. The molecule has 338 valence electrons. The Hall–Kier alpha value is -6.02. The van der Waals surface area contributed by atoms with E-state index in [4.69, 9.17) is 9.72 Å². The van der Waals surface area contributed by atoms with E-state index in [1.54, 1.807) is 17.8 Å². The summed E-state index contributed by atoms with van der Waals surface area (Å²) in [5.41, 5.74) is 2.18. The highest BCUT2D eigenvalue weighted by Crippen LogP contribution is 2.37. The minimum Gasteiger partial charge on any atom is -0.374 e. The van der Waals surface area contributed by atoms with Crippen molar-refractivity contribution in [1.29, 1.82) is 0 Å². The minimum atomic E-state index is -2.91. The molecule has 1 saturated carbocycles. The molecule has 4 aliphatic heterocycles. The Morgan fingerprint density at radius 1 is 1.00 bits per heavy atom. The van der Waals surface area contributed by atoms with Gasteiger partial charge in [0.25, 0.3) is 12.3 Å². The van der Waals surface area contributed by atoms with Crippen LogP contribution in [0.2, 0.25) is 0 Å². The van der Waals surface area contributed by atoms with Crippen molar-refractivity contribution in [1.82, 2.24) is 48.6 Å². The second-order valence-corrected chi connectivity index (χ2v) is 17.9. The molecular weight excluding hydrogens is 831 g/mol. The standard InChI is InChI=1S/C44H52F2N12O6/c1-52-38-26(6-4-7-33(38)58(44(52)63)34-12-13-36(59)50-42(34)61)5-2-3-15-53-17-19-54(20-18-53)43(62)27-8-10-28(11-9-27)57-24-32(37(51-57)39(45)46)48-41(60)31-22-47-56-16-14-35(49-40(31)56)55-23-30-21-29(55)25-64-30/h4,6-7,14,16,22,24,27-30,34,39H,2-3,5,8-13,15,17-21,23,25H2,1H3,(H,48,60)(H,50,59,61)/t27-,28-,29-,30-,34?/m1/s1. The number of morpholine rings is 1. The molecule has 5 fully saturated rings. The second-order valence-electron chi connectivity index (χ2n) is 17.9. The molecule has 4 saturated heterocycles. The molecule has 4 aromatic heterocycles. The number of aromatic nitrogens is 7. The van der Waals surface area contributed by atoms with Gasteiger partial charge >= 0.3 is 5.69 Å². The van der Waals surface area contributed by atoms with Gasteiger partial charge in [0.2, 0.25) is 17.7 Å². The average molecular weight is 883 g/mol. The molecule has 1 unspecified atom stereocenters. The third-order valence-electron chi connectivity index (χ3n) is 14.0. The van der Waals surface area contributed by atoms with E-state index in [1.807, 2.05) is 29.2 Å². The summed E-state index contributed by atoms with van der Waals surface area (Å²) in [4.78, 5) is 76.1. The summed E-state index contributed by atoms with van der Waals surface area (Å²) < 4.78 is 40.5. The molecule has 0 radical (unpaired) electrons. The zero-order valence-corrected chi connectivity index (χ0v) is 35.7. The van der Waals surface area contributed by atoms with E-state index < -0.39 is 30.0 Å². The molecule has 10 rings (SSSR count). The van der Waals surface area contributed by atoms with Crippen LogP contribution in [0.5, 0.6) is 0 Å². The summed E-state index contributed by atoms with van der Waals surface area (Å²) in [6.07, 6.45) is 8.31. The highest BCUT2D eigenvalue weighted by molar-refractivity contribution is 6.08. The molecule has 5 aliphatic rings. The fraction of sp³-hybridized carbons (Fsp3) is 0.545. The van der Waals surface area contributed by atoms with Crippen LogP contribution in [0.15, 0.2) is 47.7 Å². The monoisotopic (exact) mass is 882 g/mol. The molecule has 3 atom stereocenters. The number of anilines is 2. The number of hydrogen-bond acceptors (Lipinski definition) is 11. The smallest absolute Gasteiger partial charge is 0.329 e. The van der Waals surface area contributed by atoms with Crippen molar-refractivity contribution in [2.45, 2.75) is 94.9 Å². The Balaban J connectivity index is 0.695. The van der Waals surface area contributed by atoms with Crippen molar-refractivity contribution in [3.63, 3.8) is 0 Å². The van der Waals surface area contributed by atoms with Crippen LogP contribution in [0.4, 0.5) is 20.3 Å². The van der Waals surface area contributed by atoms with E-state index in [-0.39, 0.29) is 59.3 Å². The lowest BCUT2D eigenvalue weighted by Gasteiger charge is -2.38. The molecule has 5 aromatic rings. The van der Waals surface area contributed by atoms with Crippen molar-refractivity contribution in [3.8, 4) is 0 Å². The zero-order valence-electron chi connectivity index (χ0n) is 35.7. The third-order valence-corrected chi connectivity index (χ3v) is 14.0. The van der Waals surface area contributed by atoms with Crippen LogP contribution in [0.25, 0.3) is 16.7 Å². The van der Waals surface area contributed by atoms with Crippen molar-refractivity contribution in [2.75, 3.05) is 56.1 Å². The lowest BCUT2D eigenvalue weighted by atomic mass is 9.85. The van der Waals surface area contributed by atoms with Crippen molar-refractivity contribution >= 4 is 51.8 Å². The molecule has 18 nitrogen and oxygen atoms in total. The van der Waals surface area contributed by atoms with E-state index in [2.05, 4.69) is 30.6 Å². The van der Waals surface area contributed by atoms with Crippen molar-refractivity contribution in [3.05, 3.63) is 70.2 Å².